The molecule has 1 aromatic heterocycles. The molecule has 4 nitrogen and oxygen atoms in total. The average Bonchev–Trinajstić information content (AvgIpc) is 2.89. The maximum Gasteiger partial charge on any atom is 0.106 e. The number of aliphatic hydroxyl groups is 1. The van der Waals surface area contributed by atoms with Crippen LogP contribution in [0.4, 0.5) is 0 Å². The molecule has 108 valence electrons. The van der Waals surface area contributed by atoms with E-state index >= 15 is 0 Å². The maximum atomic E-state index is 8.79. The Morgan fingerprint density at radius 2 is 1.80 bits per heavy atom. The van der Waals surface area contributed by atoms with E-state index in [2.05, 4.69) is 54.2 Å². The molecule has 2 aromatic rings. The number of aromatic nitrogens is 3. The van der Waals surface area contributed by atoms with Crippen molar-refractivity contribution in [1.82, 2.24) is 15.0 Å². The van der Waals surface area contributed by atoms with E-state index in [1.165, 1.54) is 5.56 Å². The molecule has 0 spiro atoms. The standard InChI is InChI=1S/C15H23N3OSi/c1-20(2,3)15-12-18(17-16-15)14-9-7-13(8-10-14)6-4-5-11-19/h7-10,12,19H,4-6,11H2,1-3H3. The highest BCUT2D eigenvalue weighted by molar-refractivity contribution is 6.88. The summed E-state index contributed by atoms with van der Waals surface area (Å²) in [5.74, 6) is 0. The Kier molecular flexibility index (Phi) is 4.72. The fourth-order valence-corrected chi connectivity index (χ4v) is 2.84. The third-order valence-corrected chi connectivity index (χ3v) is 5.10. The first-order valence-electron chi connectivity index (χ1n) is 7.14. The smallest absolute Gasteiger partial charge is 0.106 e. The molecule has 0 aliphatic rings. The zero-order valence-electron chi connectivity index (χ0n) is 12.5. The van der Waals surface area contributed by atoms with Gasteiger partial charge in [0.05, 0.1) is 11.0 Å². The monoisotopic (exact) mass is 289 g/mol. The van der Waals surface area contributed by atoms with Crippen molar-refractivity contribution in [2.24, 2.45) is 0 Å². The molecule has 1 aromatic carbocycles. The predicted octanol–water partition coefficient (Wildman–Crippen LogP) is 2.13. The maximum absolute atomic E-state index is 8.79. The van der Waals surface area contributed by atoms with Crippen molar-refractivity contribution in [2.75, 3.05) is 6.61 Å². The van der Waals surface area contributed by atoms with E-state index in [-0.39, 0.29) is 6.61 Å². The zero-order chi connectivity index (χ0) is 14.6. The summed E-state index contributed by atoms with van der Waals surface area (Å²) < 4.78 is 1.85. The van der Waals surface area contributed by atoms with Gasteiger partial charge in [0.2, 0.25) is 0 Å². The van der Waals surface area contributed by atoms with Crippen molar-refractivity contribution in [2.45, 2.75) is 38.9 Å². The van der Waals surface area contributed by atoms with Gasteiger partial charge in [-0.25, -0.2) is 4.68 Å². The quantitative estimate of drug-likeness (QED) is 0.655. The summed E-state index contributed by atoms with van der Waals surface area (Å²) in [6.45, 7) is 7.08. The van der Waals surface area contributed by atoms with Crippen LogP contribution in [-0.2, 0) is 6.42 Å². The lowest BCUT2D eigenvalue weighted by molar-refractivity contribution is 0.284. The molecule has 0 aliphatic heterocycles. The largest absolute Gasteiger partial charge is 0.396 e. The molecule has 0 unspecified atom stereocenters. The molecule has 0 amide bonds. The number of nitrogens with zero attached hydrogens (tertiary/aromatic N) is 3. The van der Waals surface area contributed by atoms with Gasteiger partial charge in [-0.1, -0.05) is 37.0 Å². The van der Waals surface area contributed by atoms with Crippen LogP contribution in [0.25, 0.3) is 5.69 Å². The average molecular weight is 289 g/mol. The fourth-order valence-electron chi connectivity index (χ4n) is 1.99. The molecular weight excluding hydrogens is 266 g/mol. The Morgan fingerprint density at radius 3 is 2.35 bits per heavy atom. The van der Waals surface area contributed by atoms with Crippen molar-refractivity contribution < 1.29 is 5.11 Å². The molecule has 0 bridgehead atoms. The lowest BCUT2D eigenvalue weighted by atomic mass is 10.1. The summed E-state index contributed by atoms with van der Waals surface area (Å²) in [6, 6.07) is 8.42. The topological polar surface area (TPSA) is 50.9 Å². The van der Waals surface area contributed by atoms with Crippen LogP contribution >= 0.6 is 0 Å². The molecule has 20 heavy (non-hydrogen) atoms. The second kappa shape index (κ2) is 6.32. The van der Waals surface area contributed by atoms with Gasteiger partial charge >= 0.3 is 0 Å². The van der Waals surface area contributed by atoms with Crippen LogP contribution in [0.15, 0.2) is 30.5 Å². The van der Waals surface area contributed by atoms with Crippen molar-refractivity contribution >= 4 is 13.4 Å². The van der Waals surface area contributed by atoms with E-state index < -0.39 is 8.07 Å². The molecule has 2 rings (SSSR count). The SMILES string of the molecule is C[Si](C)(C)c1cn(-c2ccc(CCCCO)cc2)nn1. The van der Waals surface area contributed by atoms with Crippen LogP contribution in [0.1, 0.15) is 18.4 Å². The molecule has 5 heteroatoms. The summed E-state index contributed by atoms with van der Waals surface area (Å²) in [7, 11) is -1.40. The van der Waals surface area contributed by atoms with Gasteiger partial charge in [-0.3, -0.25) is 0 Å². The van der Waals surface area contributed by atoms with Crippen molar-refractivity contribution in [3.63, 3.8) is 0 Å². The molecule has 0 atom stereocenters. The van der Waals surface area contributed by atoms with E-state index in [9.17, 15) is 0 Å². The number of aryl methyl sites for hydroxylation is 1. The Balaban J connectivity index is 2.08. The summed E-state index contributed by atoms with van der Waals surface area (Å²) in [5.41, 5.74) is 2.35. The minimum atomic E-state index is -1.40. The van der Waals surface area contributed by atoms with E-state index in [1.807, 2.05) is 10.9 Å². The summed E-state index contributed by atoms with van der Waals surface area (Å²) >= 11 is 0. The zero-order valence-corrected chi connectivity index (χ0v) is 13.5. The third kappa shape index (κ3) is 3.77. The third-order valence-electron chi connectivity index (χ3n) is 3.34. The fraction of sp³-hybridized carbons (Fsp3) is 0.467. The number of aliphatic hydroxyl groups excluding tert-OH is 1. The van der Waals surface area contributed by atoms with Gasteiger partial charge < -0.3 is 5.11 Å². The van der Waals surface area contributed by atoms with Gasteiger partial charge in [0.1, 0.15) is 8.07 Å². The minimum absolute atomic E-state index is 0.274. The lowest BCUT2D eigenvalue weighted by Gasteiger charge is -2.09. The van der Waals surface area contributed by atoms with Crippen LogP contribution in [0.5, 0.6) is 0 Å². The van der Waals surface area contributed by atoms with E-state index in [0.29, 0.717) is 0 Å². The number of hydrogen-bond acceptors (Lipinski definition) is 3. The first-order chi connectivity index (χ1) is 9.50. The Hall–Kier alpha value is -1.46. The molecule has 0 saturated heterocycles. The van der Waals surface area contributed by atoms with Gasteiger partial charge in [-0.2, -0.15) is 0 Å². The number of hydrogen-bond donors (Lipinski definition) is 1. The Labute approximate surface area is 121 Å². The summed E-state index contributed by atoms with van der Waals surface area (Å²) in [5, 5.41) is 18.4. The van der Waals surface area contributed by atoms with Crippen LogP contribution in [0, 0.1) is 0 Å². The minimum Gasteiger partial charge on any atom is -0.396 e. The number of benzene rings is 1. The van der Waals surface area contributed by atoms with E-state index in [4.69, 9.17) is 5.11 Å². The van der Waals surface area contributed by atoms with Crippen LogP contribution in [0.3, 0.4) is 0 Å². The van der Waals surface area contributed by atoms with Crippen LogP contribution in [-0.4, -0.2) is 34.8 Å². The normalized spacial score (nSPS) is 11.8. The highest BCUT2D eigenvalue weighted by atomic mass is 28.3. The molecule has 0 aliphatic carbocycles. The summed E-state index contributed by atoms with van der Waals surface area (Å²) in [4.78, 5) is 0. The van der Waals surface area contributed by atoms with Crippen molar-refractivity contribution in [1.29, 1.82) is 0 Å². The van der Waals surface area contributed by atoms with Crippen molar-refractivity contribution in [3.8, 4) is 5.69 Å². The summed E-state index contributed by atoms with van der Waals surface area (Å²) in [6.07, 6.45) is 4.95. The molecular formula is C15H23N3OSi. The van der Waals surface area contributed by atoms with Gasteiger partial charge in [-0.15, -0.1) is 5.10 Å². The molecule has 1 N–H and O–H groups in total. The Bertz CT molecular complexity index is 543. The molecule has 0 radical (unpaired) electrons. The van der Waals surface area contributed by atoms with Gasteiger partial charge in [0, 0.05) is 12.8 Å². The highest BCUT2D eigenvalue weighted by Crippen LogP contribution is 2.11. The first kappa shape index (κ1) is 14.9. The molecule has 0 saturated carbocycles. The molecule has 0 fully saturated rings. The number of unbranched alkanes of at least 4 members (excludes halogenated alkanes) is 1. The van der Waals surface area contributed by atoms with Gasteiger partial charge in [0.15, 0.2) is 0 Å². The second-order valence-electron chi connectivity index (χ2n) is 6.15. The first-order valence-corrected chi connectivity index (χ1v) is 10.6. The van der Waals surface area contributed by atoms with E-state index in [0.717, 1.165) is 30.3 Å². The predicted molar refractivity (Wildman–Crippen MR) is 84.4 cm³/mol. The lowest BCUT2D eigenvalue weighted by Crippen LogP contribution is -2.38. The van der Waals surface area contributed by atoms with Crippen LogP contribution < -0.4 is 5.32 Å². The molecule has 1 heterocycles. The van der Waals surface area contributed by atoms with Crippen molar-refractivity contribution in [3.05, 3.63) is 36.0 Å². The number of rotatable bonds is 6. The van der Waals surface area contributed by atoms with E-state index in [1.54, 1.807) is 0 Å². The Morgan fingerprint density at radius 1 is 1.10 bits per heavy atom. The highest BCUT2D eigenvalue weighted by Gasteiger charge is 2.20. The van der Waals surface area contributed by atoms with Crippen LogP contribution in [0.2, 0.25) is 19.6 Å². The van der Waals surface area contributed by atoms with Gasteiger partial charge in [-0.05, 0) is 37.0 Å². The second-order valence-corrected chi connectivity index (χ2v) is 11.2. The van der Waals surface area contributed by atoms with Gasteiger partial charge in [0.25, 0.3) is 0 Å².